The van der Waals surface area contributed by atoms with Gasteiger partial charge < -0.3 is 20.8 Å². The molecule has 0 radical (unpaired) electrons. The number of halogens is 1. The number of benzene rings is 2. The molecule has 178 valence electrons. The average molecular weight is 514 g/mol. The number of nitrogens with two attached hydrogens (primary N) is 1. The highest BCUT2D eigenvalue weighted by molar-refractivity contribution is 7.24. The fourth-order valence-corrected chi connectivity index (χ4v) is 5.21. The predicted octanol–water partition coefficient (Wildman–Crippen LogP) is 6.65. The van der Waals surface area contributed by atoms with Gasteiger partial charge in [-0.15, -0.1) is 11.3 Å². The number of hydrogen-bond acceptors (Lipinski definition) is 7. The lowest BCUT2D eigenvalue weighted by molar-refractivity contribution is 0.0950. The summed E-state index contributed by atoms with van der Waals surface area (Å²) in [4.78, 5) is 18.0. The van der Waals surface area contributed by atoms with Crippen LogP contribution in [0, 0.1) is 18.3 Å². The zero-order chi connectivity index (χ0) is 25.2. The molecule has 5 aromatic rings. The van der Waals surface area contributed by atoms with E-state index in [1.54, 1.807) is 30.5 Å². The molecular formula is C27H20ClN5O2S. The third-order valence-electron chi connectivity index (χ3n) is 5.63. The van der Waals surface area contributed by atoms with Gasteiger partial charge in [0.25, 0.3) is 5.91 Å². The Bertz CT molecular complexity index is 1600. The van der Waals surface area contributed by atoms with Gasteiger partial charge in [0.2, 0.25) is 0 Å². The van der Waals surface area contributed by atoms with Crippen molar-refractivity contribution < 1.29 is 9.21 Å². The van der Waals surface area contributed by atoms with Crippen LogP contribution >= 0.6 is 22.9 Å². The molecule has 0 spiro atoms. The van der Waals surface area contributed by atoms with Crippen LogP contribution in [0.1, 0.15) is 27.2 Å². The van der Waals surface area contributed by atoms with Gasteiger partial charge in [0.15, 0.2) is 0 Å². The van der Waals surface area contributed by atoms with Crippen LogP contribution in [0.25, 0.3) is 21.3 Å². The molecule has 3 heterocycles. The van der Waals surface area contributed by atoms with Crippen LogP contribution in [0.4, 0.5) is 16.5 Å². The summed E-state index contributed by atoms with van der Waals surface area (Å²) in [6, 6.07) is 20.7. The summed E-state index contributed by atoms with van der Waals surface area (Å²) in [7, 11) is 0. The molecule has 7 nitrogen and oxygen atoms in total. The number of amides is 1. The summed E-state index contributed by atoms with van der Waals surface area (Å²) in [5.41, 5.74) is 10.5. The van der Waals surface area contributed by atoms with Crippen LogP contribution in [0.15, 0.2) is 71.3 Å². The van der Waals surface area contributed by atoms with E-state index < -0.39 is 0 Å². The summed E-state index contributed by atoms with van der Waals surface area (Å²) >= 11 is 7.44. The number of nitrogens with zero attached hydrogens (tertiary/aromatic N) is 2. The third-order valence-corrected chi connectivity index (χ3v) is 7.00. The number of fused-ring (bicyclic) bond motifs is 1. The summed E-state index contributed by atoms with van der Waals surface area (Å²) in [5, 5.41) is 17.3. The number of rotatable bonds is 6. The van der Waals surface area contributed by atoms with Crippen molar-refractivity contribution in [2.24, 2.45) is 0 Å². The van der Waals surface area contributed by atoms with Gasteiger partial charge in [0.05, 0.1) is 23.0 Å². The van der Waals surface area contributed by atoms with Crippen LogP contribution in [0.2, 0.25) is 5.02 Å². The monoisotopic (exact) mass is 513 g/mol. The molecule has 4 N–H and O–H groups in total. The summed E-state index contributed by atoms with van der Waals surface area (Å²) in [6.07, 6.45) is 1.55. The van der Waals surface area contributed by atoms with E-state index in [4.69, 9.17) is 21.8 Å². The van der Waals surface area contributed by atoms with Crippen molar-refractivity contribution in [1.82, 2.24) is 10.3 Å². The molecular weight excluding hydrogens is 494 g/mol. The van der Waals surface area contributed by atoms with Crippen molar-refractivity contribution in [3.63, 3.8) is 0 Å². The lowest BCUT2D eigenvalue weighted by Gasteiger charge is -2.10. The molecule has 0 saturated heterocycles. The smallest absolute Gasteiger partial charge is 0.256 e. The number of anilines is 3. The number of nitrogen functional groups attached to an aromatic ring is 1. The normalized spacial score (nSPS) is 10.8. The fourth-order valence-electron chi connectivity index (χ4n) is 3.86. The van der Waals surface area contributed by atoms with Crippen molar-refractivity contribution in [3.8, 4) is 17.2 Å². The highest BCUT2D eigenvalue weighted by Gasteiger charge is 2.26. The largest absolute Gasteiger partial charge is 0.467 e. The van der Waals surface area contributed by atoms with Crippen LogP contribution in [-0.4, -0.2) is 10.9 Å². The standard InChI is InChI=1S/C27H20ClN5O2S/c1-15-4-10-18(11-5-15)32-27-22(26(34)31-14-19-3-2-12-35-19)23-24(36-27)21(20(13-29)25(30)33-23)16-6-8-17(28)9-7-16/h2-12,32H,14H2,1H3,(H2,30,33)(H,31,34). The lowest BCUT2D eigenvalue weighted by atomic mass is 10.00. The summed E-state index contributed by atoms with van der Waals surface area (Å²) in [5.74, 6) is 0.331. The third kappa shape index (κ3) is 4.50. The molecule has 2 aromatic carbocycles. The van der Waals surface area contributed by atoms with Crippen molar-refractivity contribution >= 4 is 55.6 Å². The topological polar surface area (TPSA) is 117 Å². The zero-order valence-electron chi connectivity index (χ0n) is 19.1. The van der Waals surface area contributed by atoms with Gasteiger partial charge in [0.1, 0.15) is 33.8 Å². The number of hydrogen-bond donors (Lipinski definition) is 3. The lowest BCUT2D eigenvalue weighted by Crippen LogP contribution is -2.23. The molecule has 0 aliphatic rings. The maximum Gasteiger partial charge on any atom is 0.256 e. The molecule has 0 fully saturated rings. The fraction of sp³-hybridized carbons (Fsp3) is 0.0741. The average Bonchev–Trinajstić information content (AvgIpc) is 3.51. The van der Waals surface area contributed by atoms with Gasteiger partial charge >= 0.3 is 0 Å². The Morgan fingerprint density at radius 1 is 1.17 bits per heavy atom. The first-order valence-electron chi connectivity index (χ1n) is 11.0. The van der Waals surface area contributed by atoms with Crippen LogP contribution in [-0.2, 0) is 6.54 Å². The maximum atomic E-state index is 13.5. The molecule has 5 rings (SSSR count). The number of furan rings is 1. The number of carbonyl (C=O) groups excluding carboxylic acids is 1. The molecule has 0 bridgehead atoms. The van der Waals surface area contributed by atoms with Gasteiger partial charge in [-0.05, 0) is 48.9 Å². The Morgan fingerprint density at radius 2 is 1.92 bits per heavy atom. The Morgan fingerprint density at radius 3 is 2.58 bits per heavy atom. The number of nitriles is 1. The second-order valence-corrected chi connectivity index (χ2v) is 9.56. The number of pyridine rings is 1. The number of thiophene rings is 1. The summed E-state index contributed by atoms with van der Waals surface area (Å²) < 4.78 is 6.02. The van der Waals surface area contributed by atoms with Crippen LogP contribution in [0.5, 0.6) is 0 Å². The van der Waals surface area contributed by atoms with E-state index in [0.29, 0.717) is 37.1 Å². The number of carbonyl (C=O) groups is 1. The van der Waals surface area contributed by atoms with E-state index in [1.165, 1.54) is 11.3 Å². The molecule has 0 saturated carbocycles. The predicted molar refractivity (Wildman–Crippen MR) is 144 cm³/mol. The van der Waals surface area contributed by atoms with Gasteiger partial charge in [-0.1, -0.05) is 41.4 Å². The zero-order valence-corrected chi connectivity index (χ0v) is 20.7. The highest BCUT2D eigenvalue weighted by atomic mass is 35.5. The molecule has 0 atom stereocenters. The Hall–Kier alpha value is -4.32. The van der Waals surface area contributed by atoms with Crippen molar-refractivity contribution in [2.45, 2.75) is 13.5 Å². The van der Waals surface area contributed by atoms with Crippen molar-refractivity contribution in [1.29, 1.82) is 5.26 Å². The van der Waals surface area contributed by atoms with Gasteiger partial charge in [-0.2, -0.15) is 5.26 Å². The van der Waals surface area contributed by atoms with Gasteiger partial charge in [-0.25, -0.2) is 4.98 Å². The maximum absolute atomic E-state index is 13.5. The van der Waals surface area contributed by atoms with E-state index in [9.17, 15) is 10.1 Å². The minimum absolute atomic E-state index is 0.0507. The van der Waals surface area contributed by atoms with E-state index in [1.807, 2.05) is 43.3 Å². The molecule has 9 heteroatoms. The first-order valence-corrected chi connectivity index (χ1v) is 12.2. The van der Waals surface area contributed by atoms with E-state index in [2.05, 4.69) is 21.7 Å². The van der Waals surface area contributed by atoms with E-state index in [-0.39, 0.29) is 23.8 Å². The summed E-state index contributed by atoms with van der Waals surface area (Å²) in [6.45, 7) is 2.22. The minimum atomic E-state index is -0.342. The minimum Gasteiger partial charge on any atom is -0.467 e. The Labute approximate surface area is 216 Å². The quantitative estimate of drug-likeness (QED) is 0.234. The van der Waals surface area contributed by atoms with Crippen LogP contribution in [0.3, 0.4) is 0 Å². The SMILES string of the molecule is Cc1ccc(Nc2sc3c(-c4ccc(Cl)cc4)c(C#N)c(N)nc3c2C(=O)NCc2ccco2)cc1. The van der Waals surface area contributed by atoms with E-state index >= 15 is 0 Å². The molecule has 0 unspecified atom stereocenters. The van der Waals surface area contributed by atoms with Gasteiger partial charge in [0, 0.05) is 16.3 Å². The number of aryl methyl sites for hydroxylation is 1. The highest BCUT2D eigenvalue weighted by Crippen LogP contribution is 2.44. The Balaban J connectivity index is 1.70. The molecule has 1 amide bonds. The molecule has 0 aliphatic heterocycles. The van der Waals surface area contributed by atoms with E-state index in [0.717, 1.165) is 16.8 Å². The molecule has 3 aromatic heterocycles. The first-order chi connectivity index (χ1) is 17.4. The molecule has 36 heavy (non-hydrogen) atoms. The second-order valence-electron chi connectivity index (χ2n) is 8.10. The Kier molecular flexibility index (Phi) is 6.34. The second kappa shape index (κ2) is 9.74. The molecule has 0 aliphatic carbocycles. The number of nitrogens with one attached hydrogen (secondary N) is 2. The van der Waals surface area contributed by atoms with Crippen molar-refractivity contribution in [3.05, 3.63) is 94.4 Å². The number of aromatic nitrogens is 1. The first kappa shape index (κ1) is 23.4. The van der Waals surface area contributed by atoms with Gasteiger partial charge in [-0.3, -0.25) is 4.79 Å². The van der Waals surface area contributed by atoms with Crippen LogP contribution < -0.4 is 16.4 Å². The van der Waals surface area contributed by atoms with Crippen molar-refractivity contribution in [2.75, 3.05) is 11.1 Å².